The van der Waals surface area contributed by atoms with Gasteiger partial charge >= 0.3 is 0 Å². The minimum atomic E-state index is -0.0734. The van der Waals surface area contributed by atoms with Gasteiger partial charge in [0.2, 0.25) is 0 Å². The molecule has 0 radical (unpaired) electrons. The summed E-state index contributed by atoms with van der Waals surface area (Å²) in [5, 5.41) is 4.80. The van der Waals surface area contributed by atoms with E-state index in [9.17, 15) is 0 Å². The fourth-order valence-electron chi connectivity index (χ4n) is 13.6. The quantitative estimate of drug-likeness (QED) is 0.160. The van der Waals surface area contributed by atoms with Gasteiger partial charge in [-0.25, -0.2) is 0 Å². The summed E-state index contributed by atoms with van der Waals surface area (Å²) in [7, 11) is 0. The van der Waals surface area contributed by atoms with Crippen molar-refractivity contribution in [3.05, 3.63) is 228 Å². The average Bonchev–Trinajstić information content (AvgIpc) is 1.78. The van der Waals surface area contributed by atoms with Crippen molar-refractivity contribution in [1.29, 1.82) is 0 Å². The average molecular weight is 1110 g/mol. The minimum absolute atomic E-state index is 0.00490. The van der Waals surface area contributed by atoms with E-state index in [1.54, 1.807) is 0 Å². The zero-order valence-corrected chi connectivity index (χ0v) is 52.4. The molecule has 0 saturated carbocycles. The van der Waals surface area contributed by atoms with E-state index in [4.69, 9.17) is 4.74 Å². The van der Waals surface area contributed by atoms with Crippen LogP contribution in [0, 0.1) is 0 Å². The molecule has 4 heterocycles. The first-order chi connectivity index (χ1) is 40.3. The van der Waals surface area contributed by atoms with Crippen LogP contribution in [-0.2, 0) is 27.1 Å². The Balaban J connectivity index is 1.08. The van der Waals surface area contributed by atoms with Crippen molar-refractivity contribution in [3.63, 3.8) is 0 Å². The van der Waals surface area contributed by atoms with Crippen LogP contribution < -0.4 is 26.0 Å². The van der Waals surface area contributed by atoms with Gasteiger partial charge in [-0.1, -0.05) is 237 Å². The Labute approximate surface area is 503 Å². The summed E-state index contributed by atoms with van der Waals surface area (Å²) in [6.45, 7) is 34.5. The lowest BCUT2D eigenvalue weighted by Crippen LogP contribution is -2.60. The Kier molecular flexibility index (Phi) is 12.2. The highest BCUT2D eigenvalue weighted by Gasteiger charge is 2.44. The SMILES string of the molecule is CC(C)(C)c1ccc(-c2cc(-c3ccc(C(C)(C)C)cc3)cc(-n3c4ccccc4c4ccc5c6ccccc6n(-c6cc7c8c(c6)N(c6ccc(C(C)(C)C)cc6)c6ccc(C(C)(C)C)cc6B8c6cc(C(C)(C)C)ccc6O7)c5c43)c2)cc1. The highest BCUT2D eigenvalue weighted by atomic mass is 16.5. The van der Waals surface area contributed by atoms with Gasteiger partial charge in [0.1, 0.15) is 11.5 Å². The molecule has 0 N–H and O–H groups in total. The molecule has 12 aromatic rings. The Hall–Kier alpha value is -8.54. The summed E-state index contributed by atoms with van der Waals surface area (Å²) >= 11 is 0. The second-order valence-corrected chi connectivity index (χ2v) is 29.6. The first-order valence-electron chi connectivity index (χ1n) is 30.7. The molecule has 0 saturated heterocycles. The topological polar surface area (TPSA) is 22.3 Å². The molecular formula is C80H78BN3O. The number of fused-ring (bicyclic) bond motifs is 11. The van der Waals surface area contributed by atoms with Gasteiger partial charge in [0.05, 0.1) is 27.8 Å². The zero-order valence-electron chi connectivity index (χ0n) is 52.4. The molecule has 2 aromatic heterocycles. The normalized spacial score (nSPS) is 13.6. The maximum atomic E-state index is 7.46. The Morgan fingerprint density at radius 2 is 0.729 bits per heavy atom. The predicted molar refractivity (Wildman–Crippen MR) is 365 cm³/mol. The molecule has 5 heteroatoms. The number of ether oxygens (including phenoxy) is 1. The van der Waals surface area contributed by atoms with Crippen molar-refractivity contribution in [3.8, 4) is 45.1 Å². The van der Waals surface area contributed by atoms with E-state index in [-0.39, 0.29) is 33.8 Å². The van der Waals surface area contributed by atoms with E-state index in [2.05, 4.69) is 318 Å². The Morgan fingerprint density at radius 1 is 0.306 bits per heavy atom. The highest BCUT2D eigenvalue weighted by molar-refractivity contribution is 6.99. The van der Waals surface area contributed by atoms with E-state index in [1.807, 2.05) is 0 Å². The molecule has 2 aliphatic heterocycles. The van der Waals surface area contributed by atoms with Gasteiger partial charge in [0, 0.05) is 50.4 Å². The van der Waals surface area contributed by atoms with Crippen molar-refractivity contribution in [2.75, 3.05) is 4.90 Å². The lowest BCUT2D eigenvalue weighted by Gasteiger charge is -2.41. The second-order valence-electron chi connectivity index (χ2n) is 29.6. The van der Waals surface area contributed by atoms with E-state index >= 15 is 0 Å². The monoisotopic (exact) mass is 1110 g/mol. The molecule has 85 heavy (non-hydrogen) atoms. The smallest absolute Gasteiger partial charge is 0.256 e. The van der Waals surface area contributed by atoms with Gasteiger partial charge in [0.25, 0.3) is 6.71 Å². The molecule has 2 aliphatic rings. The number of rotatable bonds is 5. The van der Waals surface area contributed by atoms with E-state index in [0.717, 1.165) is 56.3 Å². The molecule has 0 aliphatic carbocycles. The molecule has 0 amide bonds. The van der Waals surface area contributed by atoms with E-state index in [1.165, 1.54) is 93.7 Å². The zero-order chi connectivity index (χ0) is 59.4. The molecule has 14 rings (SSSR count). The molecule has 422 valence electrons. The molecule has 10 aromatic carbocycles. The summed E-state index contributed by atoms with van der Waals surface area (Å²) < 4.78 is 12.6. The third kappa shape index (κ3) is 9.02. The molecule has 0 bridgehead atoms. The van der Waals surface area contributed by atoms with Crippen LogP contribution in [0.15, 0.2) is 200 Å². The fraction of sp³-hybridized carbons (Fsp3) is 0.250. The summed E-state index contributed by atoms with van der Waals surface area (Å²) in [5.41, 5.74) is 25.1. The number of benzene rings is 10. The van der Waals surface area contributed by atoms with Crippen LogP contribution in [-0.4, -0.2) is 15.8 Å². The Morgan fingerprint density at radius 3 is 1.21 bits per heavy atom. The van der Waals surface area contributed by atoms with Crippen LogP contribution in [0.5, 0.6) is 11.5 Å². The number of aromatic nitrogens is 2. The van der Waals surface area contributed by atoms with Gasteiger partial charge in [0.15, 0.2) is 0 Å². The number of hydrogen-bond donors (Lipinski definition) is 0. The van der Waals surface area contributed by atoms with E-state index in [0.29, 0.717) is 0 Å². The van der Waals surface area contributed by atoms with Crippen LogP contribution >= 0.6 is 0 Å². The first kappa shape index (κ1) is 54.4. The van der Waals surface area contributed by atoms with Crippen LogP contribution in [0.25, 0.3) is 77.2 Å². The lowest BCUT2D eigenvalue weighted by atomic mass is 9.33. The third-order valence-corrected chi connectivity index (χ3v) is 18.5. The maximum absolute atomic E-state index is 7.46. The molecule has 4 nitrogen and oxygen atoms in total. The van der Waals surface area contributed by atoms with Crippen molar-refractivity contribution in [2.24, 2.45) is 0 Å². The Bertz CT molecular complexity index is 4590. The molecule has 0 atom stereocenters. The second kappa shape index (κ2) is 19.0. The van der Waals surface area contributed by atoms with Gasteiger partial charge < -0.3 is 18.8 Å². The van der Waals surface area contributed by atoms with Gasteiger partial charge in [-0.05, 0) is 154 Å². The van der Waals surface area contributed by atoms with Gasteiger partial charge in [-0.3, -0.25) is 0 Å². The lowest BCUT2D eigenvalue weighted by molar-refractivity contribution is 0.486. The molecule has 0 spiro atoms. The maximum Gasteiger partial charge on any atom is 0.256 e. The van der Waals surface area contributed by atoms with Crippen molar-refractivity contribution < 1.29 is 4.74 Å². The number of hydrogen-bond acceptors (Lipinski definition) is 2. The number of para-hydroxylation sites is 2. The number of nitrogens with zero attached hydrogens (tertiary/aromatic N) is 3. The molecule has 0 fully saturated rings. The van der Waals surface area contributed by atoms with Crippen molar-refractivity contribution >= 4 is 83.8 Å². The third-order valence-electron chi connectivity index (χ3n) is 18.5. The minimum Gasteiger partial charge on any atom is -0.458 e. The van der Waals surface area contributed by atoms with Gasteiger partial charge in [-0.15, -0.1) is 0 Å². The van der Waals surface area contributed by atoms with Crippen LogP contribution in [0.2, 0.25) is 0 Å². The van der Waals surface area contributed by atoms with Crippen LogP contribution in [0.1, 0.15) is 132 Å². The van der Waals surface area contributed by atoms with Gasteiger partial charge in [-0.2, -0.15) is 0 Å². The fourth-order valence-corrected chi connectivity index (χ4v) is 13.6. The standard InChI is InChI=1S/C80H78BN3O/c1-76(2,3)53-28-24-49(25-29-53)51-42-52(50-26-30-54(31-27-50)77(4,5)6)44-59(43-51)83-67-22-18-16-20-61(67)63-38-39-64-62-21-17-19-23-68(62)84(75(64)74(63)83)60-47-70-73-72(48-60)85-71-41-35-57(80(13,14)15)46-66(71)81(73)65-45-56(79(10,11)12)34-40-69(65)82(70)58-36-32-55(33-37-58)78(7,8)9/h16-48H,1-15H3. The molecule has 0 unspecified atom stereocenters. The number of anilines is 3. The molecular weight excluding hydrogens is 1030 g/mol. The van der Waals surface area contributed by atoms with Crippen molar-refractivity contribution in [1.82, 2.24) is 9.13 Å². The van der Waals surface area contributed by atoms with Crippen LogP contribution in [0.4, 0.5) is 17.1 Å². The summed E-state index contributed by atoms with van der Waals surface area (Å²) in [4.78, 5) is 2.53. The first-order valence-corrected chi connectivity index (χ1v) is 30.7. The largest absolute Gasteiger partial charge is 0.458 e. The predicted octanol–water partition coefficient (Wildman–Crippen LogP) is 20.1. The highest BCUT2D eigenvalue weighted by Crippen LogP contribution is 2.48. The summed E-state index contributed by atoms with van der Waals surface area (Å²) in [6.07, 6.45) is 0. The van der Waals surface area contributed by atoms with E-state index < -0.39 is 0 Å². The summed E-state index contributed by atoms with van der Waals surface area (Å²) in [6, 6.07) is 76.8. The van der Waals surface area contributed by atoms with Crippen molar-refractivity contribution in [2.45, 2.75) is 131 Å². The van der Waals surface area contributed by atoms with Crippen LogP contribution in [0.3, 0.4) is 0 Å². The summed E-state index contributed by atoms with van der Waals surface area (Å²) in [5.74, 6) is 1.78.